The summed E-state index contributed by atoms with van der Waals surface area (Å²) in [6, 6.07) is 11.3. The lowest BCUT2D eigenvalue weighted by Crippen LogP contribution is -2.19. The van der Waals surface area contributed by atoms with E-state index in [0.29, 0.717) is 5.69 Å². The van der Waals surface area contributed by atoms with E-state index < -0.39 is 24.5 Å². The molecule has 0 saturated carbocycles. The Morgan fingerprint density at radius 1 is 1.04 bits per heavy atom. The van der Waals surface area contributed by atoms with Crippen LogP contribution in [0, 0.1) is 5.82 Å². The lowest BCUT2D eigenvalue weighted by Gasteiger charge is -2.10. The standard InChI is InChI=1S/C16H13F4NO2/c17-14-4-2-1-3-11(14)9-15(22)21-12-5-7-13(8-6-12)23-10-16(18,19)20/h1-8H,9-10H2,(H,21,22). The molecule has 2 rings (SSSR count). The second-order valence-electron chi connectivity index (χ2n) is 4.74. The molecule has 1 amide bonds. The van der Waals surface area contributed by atoms with E-state index in [0.717, 1.165) is 0 Å². The van der Waals surface area contributed by atoms with Crippen molar-refractivity contribution >= 4 is 11.6 Å². The van der Waals surface area contributed by atoms with Crippen molar-refractivity contribution in [3.8, 4) is 5.75 Å². The van der Waals surface area contributed by atoms with Crippen molar-refractivity contribution in [1.82, 2.24) is 0 Å². The summed E-state index contributed by atoms with van der Waals surface area (Å²) in [5.74, 6) is -0.868. The number of rotatable bonds is 5. The molecule has 0 atom stereocenters. The van der Waals surface area contributed by atoms with Gasteiger partial charge in [-0.1, -0.05) is 18.2 Å². The topological polar surface area (TPSA) is 38.3 Å². The molecule has 7 heteroatoms. The van der Waals surface area contributed by atoms with Crippen LogP contribution in [0.3, 0.4) is 0 Å². The first-order valence-corrected chi connectivity index (χ1v) is 6.66. The highest BCUT2D eigenvalue weighted by atomic mass is 19.4. The molecule has 0 bridgehead atoms. The minimum Gasteiger partial charge on any atom is -0.484 e. The van der Waals surface area contributed by atoms with Crippen LogP contribution < -0.4 is 10.1 Å². The molecule has 3 nitrogen and oxygen atoms in total. The van der Waals surface area contributed by atoms with Gasteiger partial charge in [0.2, 0.25) is 5.91 Å². The fraction of sp³-hybridized carbons (Fsp3) is 0.188. The highest BCUT2D eigenvalue weighted by Gasteiger charge is 2.28. The van der Waals surface area contributed by atoms with Crippen molar-refractivity contribution in [2.45, 2.75) is 12.6 Å². The molecule has 0 spiro atoms. The lowest BCUT2D eigenvalue weighted by atomic mass is 10.1. The molecule has 0 aliphatic heterocycles. The van der Waals surface area contributed by atoms with E-state index >= 15 is 0 Å². The van der Waals surface area contributed by atoms with Gasteiger partial charge in [-0.2, -0.15) is 13.2 Å². The average Bonchev–Trinajstić information content (AvgIpc) is 2.48. The summed E-state index contributed by atoms with van der Waals surface area (Å²) < 4.78 is 54.0. The monoisotopic (exact) mass is 327 g/mol. The molecule has 0 saturated heterocycles. The molecular formula is C16H13F4NO2. The van der Waals surface area contributed by atoms with Gasteiger partial charge >= 0.3 is 6.18 Å². The molecule has 2 aromatic rings. The first-order chi connectivity index (χ1) is 10.8. The molecule has 0 heterocycles. The Morgan fingerprint density at radius 3 is 2.30 bits per heavy atom. The summed E-state index contributed by atoms with van der Waals surface area (Å²) in [7, 11) is 0. The van der Waals surface area contributed by atoms with Crippen LogP contribution in [0.2, 0.25) is 0 Å². The summed E-state index contributed by atoms with van der Waals surface area (Å²) >= 11 is 0. The van der Waals surface area contributed by atoms with Crippen LogP contribution in [0.1, 0.15) is 5.56 Å². The van der Waals surface area contributed by atoms with Gasteiger partial charge in [0.1, 0.15) is 11.6 Å². The zero-order valence-corrected chi connectivity index (χ0v) is 11.9. The van der Waals surface area contributed by atoms with Gasteiger partial charge in [0.05, 0.1) is 6.42 Å². The summed E-state index contributed by atoms with van der Waals surface area (Å²) in [6.45, 7) is -1.38. The number of anilines is 1. The first-order valence-electron chi connectivity index (χ1n) is 6.66. The Hall–Kier alpha value is -2.57. The number of ether oxygens (including phenoxy) is 1. The van der Waals surface area contributed by atoms with Crippen LogP contribution in [0.25, 0.3) is 0 Å². The Morgan fingerprint density at radius 2 is 1.70 bits per heavy atom. The molecule has 0 fully saturated rings. The maximum Gasteiger partial charge on any atom is 0.422 e. The predicted molar refractivity (Wildman–Crippen MR) is 76.7 cm³/mol. The Bertz CT molecular complexity index is 669. The van der Waals surface area contributed by atoms with Crippen molar-refractivity contribution in [2.75, 3.05) is 11.9 Å². The van der Waals surface area contributed by atoms with Gasteiger partial charge in [-0.05, 0) is 35.9 Å². The van der Waals surface area contributed by atoms with Crippen LogP contribution in [0.15, 0.2) is 48.5 Å². The van der Waals surface area contributed by atoms with Crippen molar-refractivity contribution in [2.24, 2.45) is 0 Å². The predicted octanol–water partition coefficient (Wildman–Crippen LogP) is 3.95. The molecule has 23 heavy (non-hydrogen) atoms. The second-order valence-corrected chi connectivity index (χ2v) is 4.74. The summed E-state index contributed by atoms with van der Waals surface area (Å²) in [4.78, 5) is 11.8. The zero-order valence-electron chi connectivity index (χ0n) is 11.9. The van der Waals surface area contributed by atoms with Gasteiger partial charge < -0.3 is 10.1 Å². The molecule has 0 unspecified atom stereocenters. The van der Waals surface area contributed by atoms with Crippen molar-refractivity contribution in [3.05, 3.63) is 59.9 Å². The highest BCUT2D eigenvalue weighted by molar-refractivity contribution is 5.92. The second kappa shape index (κ2) is 7.13. The van der Waals surface area contributed by atoms with E-state index in [1.54, 1.807) is 6.07 Å². The van der Waals surface area contributed by atoms with Gasteiger partial charge in [0.15, 0.2) is 6.61 Å². The molecule has 0 aliphatic rings. The van der Waals surface area contributed by atoms with E-state index in [-0.39, 0.29) is 17.7 Å². The minimum atomic E-state index is -4.41. The fourth-order valence-electron chi connectivity index (χ4n) is 1.82. The molecular weight excluding hydrogens is 314 g/mol. The molecule has 122 valence electrons. The zero-order chi connectivity index (χ0) is 16.9. The number of nitrogens with one attached hydrogen (secondary N) is 1. The van der Waals surface area contributed by atoms with E-state index in [1.807, 2.05) is 0 Å². The largest absolute Gasteiger partial charge is 0.484 e. The van der Waals surface area contributed by atoms with Gasteiger partial charge in [-0.25, -0.2) is 4.39 Å². The third kappa shape index (κ3) is 5.61. The summed E-state index contributed by atoms with van der Waals surface area (Å²) in [5.41, 5.74) is 0.640. The number of halogens is 4. The van der Waals surface area contributed by atoms with Crippen molar-refractivity contribution in [3.63, 3.8) is 0 Å². The molecule has 1 N–H and O–H groups in total. The van der Waals surface area contributed by atoms with Crippen molar-refractivity contribution < 1.29 is 27.1 Å². The minimum absolute atomic E-state index is 0.0365. The number of hydrogen-bond acceptors (Lipinski definition) is 2. The van der Waals surface area contributed by atoms with Crippen LogP contribution in [-0.4, -0.2) is 18.7 Å². The number of benzene rings is 2. The number of alkyl halides is 3. The lowest BCUT2D eigenvalue weighted by molar-refractivity contribution is -0.153. The quantitative estimate of drug-likeness (QED) is 0.845. The van der Waals surface area contributed by atoms with Crippen LogP contribution in [0.4, 0.5) is 23.2 Å². The molecule has 0 aromatic heterocycles. The highest BCUT2D eigenvalue weighted by Crippen LogP contribution is 2.20. The van der Waals surface area contributed by atoms with Crippen LogP contribution >= 0.6 is 0 Å². The Balaban J connectivity index is 1.90. The normalized spacial score (nSPS) is 11.1. The van der Waals surface area contributed by atoms with Crippen molar-refractivity contribution in [1.29, 1.82) is 0 Å². The van der Waals surface area contributed by atoms with Gasteiger partial charge in [-0.3, -0.25) is 4.79 Å². The Kier molecular flexibility index (Phi) is 5.20. The molecule has 0 radical (unpaired) electrons. The average molecular weight is 327 g/mol. The van der Waals surface area contributed by atoms with E-state index in [1.165, 1.54) is 42.5 Å². The third-order valence-electron chi connectivity index (χ3n) is 2.85. The summed E-state index contributed by atoms with van der Waals surface area (Å²) in [6.07, 6.45) is -4.55. The number of carbonyl (C=O) groups excluding carboxylic acids is 1. The Labute approximate surface area is 129 Å². The third-order valence-corrected chi connectivity index (χ3v) is 2.85. The molecule has 2 aromatic carbocycles. The number of amides is 1. The number of carbonyl (C=O) groups is 1. The molecule has 0 aliphatic carbocycles. The van der Waals surface area contributed by atoms with Gasteiger partial charge in [0, 0.05) is 5.69 Å². The first kappa shape index (κ1) is 16.8. The van der Waals surface area contributed by atoms with Gasteiger partial charge in [0.25, 0.3) is 0 Å². The SMILES string of the molecule is O=C(Cc1ccccc1F)Nc1ccc(OCC(F)(F)F)cc1. The maximum atomic E-state index is 13.4. The van der Waals surface area contributed by atoms with Gasteiger partial charge in [-0.15, -0.1) is 0 Å². The van der Waals surface area contributed by atoms with E-state index in [2.05, 4.69) is 10.1 Å². The van der Waals surface area contributed by atoms with Crippen LogP contribution in [0.5, 0.6) is 5.75 Å². The summed E-state index contributed by atoms with van der Waals surface area (Å²) in [5, 5.41) is 2.53. The van der Waals surface area contributed by atoms with E-state index in [4.69, 9.17) is 0 Å². The maximum absolute atomic E-state index is 13.4. The fourth-order valence-corrected chi connectivity index (χ4v) is 1.82. The van der Waals surface area contributed by atoms with Crippen LogP contribution in [-0.2, 0) is 11.2 Å². The van der Waals surface area contributed by atoms with E-state index in [9.17, 15) is 22.4 Å². The number of hydrogen-bond donors (Lipinski definition) is 1. The smallest absolute Gasteiger partial charge is 0.422 e.